The Balaban J connectivity index is 1.44. The van der Waals surface area contributed by atoms with Gasteiger partial charge in [-0.25, -0.2) is 8.42 Å². The van der Waals surface area contributed by atoms with Crippen LogP contribution in [0.25, 0.3) is 0 Å². The molecule has 0 aliphatic carbocycles. The number of carbonyl (C=O) groups excluding carboxylic acids is 1. The van der Waals surface area contributed by atoms with Crippen molar-refractivity contribution in [1.82, 2.24) is 4.31 Å². The van der Waals surface area contributed by atoms with E-state index < -0.39 is 10.0 Å². The number of nitrogens with one attached hydrogen (secondary N) is 2. The maximum absolute atomic E-state index is 13.0. The van der Waals surface area contributed by atoms with Crippen LogP contribution in [0.5, 0.6) is 0 Å². The Hall–Kier alpha value is -2.22. The number of nitrogens with zero attached hydrogens (tertiary/aromatic N) is 1. The molecule has 30 heavy (non-hydrogen) atoms. The number of hydrogen-bond donors (Lipinski definition) is 2. The fraction of sp³-hybridized carbons (Fsp3) is 0.435. The lowest BCUT2D eigenvalue weighted by Crippen LogP contribution is -3.12. The van der Waals surface area contributed by atoms with Crippen LogP contribution in [0.2, 0.25) is 0 Å². The molecule has 2 aliphatic heterocycles. The molecule has 0 spiro atoms. The molecule has 7 heteroatoms. The number of rotatable bonds is 5. The first kappa shape index (κ1) is 21.0. The molecule has 2 N–H and O–H groups in total. The van der Waals surface area contributed by atoms with Gasteiger partial charge in [0.2, 0.25) is 10.0 Å². The zero-order valence-corrected chi connectivity index (χ0v) is 18.3. The van der Waals surface area contributed by atoms with Crippen LogP contribution < -0.4 is 10.2 Å². The van der Waals surface area contributed by atoms with Crippen LogP contribution in [0, 0.1) is 6.92 Å². The molecule has 2 heterocycles. The Kier molecular flexibility index (Phi) is 6.22. The molecule has 160 valence electrons. The van der Waals surface area contributed by atoms with Crippen LogP contribution in [0.15, 0.2) is 47.4 Å². The third-order valence-corrected chi connectivity index (χ3v) is 8.05. The zero-order chi connectivity index (χ0) is 21.1. The number of quaternary nitrogens is 1. The Bertz CT molecular complexity index is 1030. The summed E-state index contributed by atoms with van der Waals surface area (Å²) in [6.45, 7) is 5.15. The Morgan fingerprint density at radius 3 is 2.57 bits per heavy atom. The lowest BCUT2D eigenvalue weighted by Gasteiger charge is -2.26. The fourth-order valence-corrected chi connectivity index (χ4v) is 5.91. The second-order valence-electron chi connectivity index (χ2n) is 8.36. The topological polar surface area (TPSA) is 70.9 Å². The maximum Gasteiger partial charge on any atom is 0.279 e. The third kappa shape index (κ3) is 4.58. The van der Waals surface area contributed by atoms with E-state index in [0.29, 0.717) is 25.3 Å². The number of benzene rings is 2. The summed E-state index contributed by atoms with van der Waals surface area (Å²) in [7, 11) is -3.52. The van der Waals surface area contributed by atoms with Crippen molar-refractivity contribution in [2.75, 3.05) is 31.5 Å². The molecular weight excluding hydrogens is 398 g/mol. The van der Waals surface area contributed by atoms with Crippen molar-refractivity contribution in [3.05, 3.63) is 59.2 Å². The van der Waals surface area contributed by atoms with Crippen molar-refractivity contribution in [1.29, 1.82) is 0 Å². The molecule has 0 radical (unpaired) electrons. The van der Waals surface area contributed by atoms with Crippen LogP contribution in [-0.4, -0.2) is 44.8 Å². The summed E-state index contributed by atoms with van der Waals surface area (Å²) in [6, 6.07) is 13.4. The average Bonchev–Trinajstić information content (AvgIpc) is 2.75. The van der Waals surface area contributed by atoms with E-state index in [4.69, 9.17) is 0 Å². The highest BCUT2D eigenvalue weighted by atomic mass is 32.2. The van der Waals surface area contributed by atoms with Gasteiger partial charge in [0, 0.05) is 30.8 Å². The van der Waals surface area contributed by atoms with Crippen LogP contribution in [0.1, 0.15) is 36.0 Å². The molecule has 0 bridgehead atoms. The largest absolute Gasteiger partial charge is 0.323 e. The van der Waals surface area contributed by atoms with Gasteiger partial charge < -0.3 is 10.2 Å². The normalized spacial score (nSPS) is 19.8. The van der Waals surface area contributed by atoms with Crippen molar-refractivity contribution in [3.63, 3.8) is 0 Å². The maximum atomic E-state index is 13.0. The number of hydrogen-bond acceptors (Lipinski definition) is 3. The molecule has 2 aromatic rings. The number of amides is 1. The van der Waals surface area contributed by atoms with Gasteiger partial charge in [0.25, 0.3) is 5.91 Å². The molecule has 1 atom stereocenters. The van der Waals surface area contributed by atoms with Crippen LogP contribution in [0.4, 0.5) is 5.69 Å². The van der Waals surface area contributed by atoms with E-state index in [0.717, 1.165) is 44.3 Å². The summed E-state index contributed by atoms with van der Waals surface area (Å²) in [5, 5.41) is 2.95. The second-order valence-corrected chi connectivity index (χ2v) is 10.3. The predicted octanol–water partition coefficient (Wildman–Crippen LogP) is 1.75. The SMILES string of the molecule is Cc1ccc(S(=O)(=O)N2CCCCC2)cc1NC(=O)C[NH+]1CCc2ccccc2C1. The van der Waals surface area contributed by atoms with Gasteiger partial charge in [-0.1, -0.05) is 36.8 Å². The van der Waals surface area contributed by atoms with Crippen LogP contribution >= 0.6 is 0 Å². The summed E-state index contributed by atoms with van der Waals surface area (Å²) in [6.07, 6.45) is 3.85. The van der Waals surface area contributed by atoms with Crippen molar-refractivity contribution >= 4 is 21.6 Å². The van der Waals surface area contributed by atoms with Gasteiger partial charge >= 0.3 is 0 Å². The molecule has 4 rings (SSSR count). The highest BCUT2D eigenvalue weighted by molar-refractivity contribution is 7.89. The summed E-state index contributed by atoms with van der Waals surface area (Å²) in [5.41, 5.74) is 4.11. The molecule has 1 unspecified atom stereocenters. The van der Waals surface area contributed by atoms with E-state index in [1.807, 2.05) is 13.0 Å². The second kappa shape index (κ2) is 8.88. The molecule has 0 saturated carbocycles. The summed E-state index contributed by atoms with van der Waals surface area (Å²) in [5.74, 6) is -0.0833. The van der Waals surface area contributed by atoms with Crippen LogP contribution in [0.3, 0.4) is 0 Å². The number of carbonyl (C=O) groups is 1. The molecule has 1 amide bonds. The lowest BCUT2D eigenvalue weighted by molar-refractivity contribution is -0.907. The average molecular weight is 429 g/mol. The van der Waals surface area contributed by atoms with Gasteiger partial charge in [-0.3, -0.25) is 4.79 Å². The number of piperidine rings is 1. The lowest BCUT2D eigenvalue weighted by atomic mass is 10.00. The number of fused-ring (bicyclic) bond motifs is 1. The summed E-state index contributed by atoms with van der Waals surface area (Å²) >= 11 is 0. The summed E-state index contributed by atoms with van der Waals surface area (Å²) in [4.78, 5) is 14.2. The van der Waals surface area contributed by atoms with Gasteiger partial charge in [0.05, 0.1) is 11.4 Å². The van der Waals surface area contributed by atoms with Gasteiger partial charge in [-0.15, -0.1) is 0 Å². The van der Waals surface area contributed by atoms with E-state index >= 15 is 0 Å². The third-order valence-electron chi connectivity index (χ3n) is 6.15. The van der Waals surface area contributed by atoms with Gasteiger partial charge in [0.15, 0.2) is 6.54 Å². The molecule has 2 aromatic carbocycles. The number of aryl methyl sites for hydroxylation is 1. The standard InChI is InChI=1S/C23H29N3O3S/c1-18-9-10-21(30(28,29)26-12-5-2-6-13-26)15-22(18)24-23(27)17-25-14-11-19-7-3-4-8-20(19)16-25/h3-4,7-10,15H,2,5-6,11-14,16-17H2,1H3,(H,24,27)/p+1. The minimum atomic E-state index is -3.52. The highest BCUT2D eigenvalue weighted by Crippen LogP contribution is 2.25. The fourth-order valence-electron chi connectivity index (χ4n) is 4.37. The van der Waals surface area contributed by atoms with E-state index in [-0.39, 0.29) is 10.8 Å². The molecule has 6 nitrogen and oxygen atoms in total. The molecule has 1 saturated heterocycles. The highest BCUT2D eigenvalue weighted by Gasteiger charge is 2.27. The van der Waals surface area contributed by atoms with Crippen molar-refractivity contribution < 1.29 is 18.1 Å². The smallest absolute Gasteiger partial charge is 0.279 e. The molecule has 0 aromatic heterocycles. The van der Waals surface area contributed by atoms with E-state index in [1.54, 1.807) is 22.5 Å². The van der Waals surface area contributed by atoms with Gasteiger partial charge in [0.1, 0.15) is 6.54 Å². The first-order valence-electron chi connectivity index (χ1n) is 10.7. The quantitative estimate of drug-likeness (QED) is 0.762. The zero-order valence-electron chi connectivity index (χ0n) is 17.5. The van der Waals surface area contributed by atoms with Gasteiger partial charge in [-0.05, 0) is 43.0 Å². The van der Waals surface area contributed by atoms with E-state index in [2.05, 4.69) is 23.5 Å². The van der Waals surface area contributed by atoms with Crippen LogP contribution in [-0.2, 0) is 27.8 Å². The van der Waals surface area contributed by atoms with E-state index in [9.17, 15) is 13.2 Å². The minimum Gasteiger partial charge on any atom is -0.323 e. The predicted molar refractivity (Wildman–Crippen MR) is 117 cm³/mol. The minimum absolute atomic E-state index is 0.0833. The van der Waals surface area contributed by atoms with E-state index in [1.165, 1.54) is 16.0 Å². The molecular formula is C23H30N3O3S+. The monoisotopic (exact) mass is 428 g/mol. The molecule has 2 aliphatic rings. The van der Waals surface area contributed by atoms with Crippen molar-refractivity contribution in [2.24, 2.45) is 0 Å². The van der Waals surface area contributed by atoms with Crippen molar-refractivity contribution in [3.8, 4) is 0 Å². The van der Waals surface area contributed by atoms with Crippen molar-refractivity contribution in [2.45, 2.75) is 44.0 Å². The number of anilines is 1. The molecule has 1 fully saturated rings. The Morgan fingerprint density at radius 2 is 1.80 bits per heavy atom. The Morgan fingerprint density at radius 1 is 1.07 bits per heavy atom. The summed E-state index contributed by atoms with van der Waals surface area (Å²) < 4.78 is 27.5. The Labute approximate surface area is 178 Å². The number of sulfonamides is 1. The first-order valence-corrected chi connectivity index (χ1v) is 12.2. The van der Waals surface area contributed by atoms with Gasteiger partial charge in [-0.2, -0.15) is 4.31 Å². The first-order chi connectivity index (χ1) is 14.4.